The summed E-state index contributed by atoms with van der Waals surface area (Å²) in [6, 6.07) is 4.43. The van der Waals surface area contributed by atoms with Crippen molar-refractivity contribution < 1.29 is 13.9 Å². The molecule has 0 bridgehead atoms. The summed E-state index contributed by atoms with van der Waals surface area (Å²) >= 11 is 0. The fourth-order valence-corrected chi connectivity index (χ4v) is 1.62. The van der Waals surface area contributed by atoms with Gasteiger partial charge in [-0.3, -0.25) is 0 Å². The molecule has 0 saturated carbocycles. The molecule has 1 aromatic carbocycles. The standard InChI is InChI=1S/C12H16F2O/c1-8(13)11-9(12(2,3)7-15)5-4-6-10(11)14/h4-6,8,15H,7H2,1-3H3. The first-order valence-electron chi connectivity index (χ1n) is 4.94. The summed E-state index contributed by atoms with van der Waals surface area (Å²) in [5.41, 5.74) is -0.0471. The second-order valence-electron chi connectivity index (χ2n) is 4.36. The lowest BCUT2D eigenvalue weighted by atomic mass is 9.81. The summed E-state index contributed by atoms with van der Waals surface area (Å²) < 4.78 is 26.7. The molecule has 0 fully saturated rings. The lowest BCUT2D eigenvalue weighted by molar-refractivity contribution is 0.215. The SMILES string of the molecule is CC(F)c1c(F)cccc1C(C)(C)CO. The number of benzene rings is 1. The van der Waals surface area contributed by atoms with Gasteiger partial charge in [-0.25, -0.2) is 8.78 Å². The average Bonchev–Trinajstić information content (AvgIpc) is 2.16. The van der Waals surface area contributed by atoms with Crippen molar-refractivity contribution >= 4 is 0 Å². The number of rotatable bonds is 3. The molecule has 1 nitrogen and oxygen atoms in total. The van der Waals surface area contributed by atoms with Gasteiger partial charge in [-0.05, 0) is 18.6 Å². The van der Waals surface area contributed by atoms with Crippen LogP contribution in [0.3, 0.4) is 0 Å². The highest BCUT2D eigenvalue weighted by atomic mass is 19.1. The fraction of sp³-hybridized carbons (Fsp3) is 0.500. The maximum absolute atomic E-state index is 13.4. The van der Waals surface area contributed by atoms with Crippen molar-refractivity contribution in [2.75, 3.05) is 6.61 Å². The van der Waals surface area contributed by atoms with Crippen LogP contribution in [-0.4, -0.2) is 11.7 Å². The Morgan fingerprint density at radius 1 is 1.40 bits per heavy atom. The Balaban J connectivity index is 3.35. The number of aliphatic hydroxyl groups is 1. The lowest BCUT2D eigenvalue weighted by Gasteiger charge is -2.26. The quantitative estimate of drug-likeness (QED) is 0.819. The van der Waals surface area contributed by atoms with Gasteiger partial charge in [0.15, 0.2) is 0 Å². The number of halogens is 2. The molecule has 0 aliphatic carbocycles. The molecule has 1 unspecified atom stereocenters. The second-order valence-corrected chi connectivity index (χ2v) is 4.36. The van der Waals surface area contributed by atoms with Crippen LogP contribution in [0.1, 0.15) is 38.1 Å². The zero-order chi connectivity index (χ0) is 11.6. The van der Waals surface area contributed by atoms with Gasteiger partial charge in [0.05, 0.1) is 6.61 Å². The molecule has 15 heavy (non-hydrogen) atoms. The van der Waals surface area contributed by atoms with E-state index < -0.39 is 17.4 Å². The van der Waals surface area contributed by atoms with Crippen LogP contribution < -0.4 is 0 Å². The fourth-order valence-electron chi connectivity index (χ4n) is 1.62. The van der Waals surface area contributed by atoms with Crippen molar-refractivity contribution in [3.05, 3.63) is 35.1 Å². The van der Waals surface area contributed by atoms with E-state index in [4.69, 9.17) is 0 Å². The van der Waals surface area contributed by atoms with Crippen LogP contribution in [0.4, 0.5) is 8.78 Å². The summed E-state index contributed by atoms with van der Waals surface area (Å²) in [4.78, 5) is 0. The van der Waals surface area contributed by atoms with Crippen molar-refractivity contribution in [1.29, 1.82) is 0 Å². The van der Waals surface area contributed by atoms with Crippen LogP contribution in [0.25, 0.3) is 0 Å². The number of aliphatic hydroxyl groups excluding tert-OH is 1. The first kappa shape index (κ1) is 12.1. The third-order valence-corrected chi connectivity index (χ3v) is 2.58. The minimum Gasteiger partial charge on any atom is -0.395 e. The molecule has 0 heterocycles. The van der Waals surface area contributed by atoms with Gasteiger partial charge >= 0.3 is 0 Å². The number of hydrogen-bond donors (Lipinski definition) is 1. The Hall–Kier alpha value is -0.960. The van der Waals surface area contributed by atoms with Crippen LogP contribution in [0.2, 0.25) is 0 Å². The van der Waals surface area contributed by atoms with E-state index >= 15 is 0 Å². The van der Waals surface area contributed by atoms with Crippen molar-refractivity contribution in [2.24, 2.45) is 0 Å². The molecule has 0 aliphatic heterocycles. The summed E-state index contributed by atoms with van der Waals surface area (Å²) in [5, 5.41) is 9.20. The Labute approximate surface area is 88.7 Å². The summed E-state index contributed by atoms with van der Waals surface area (Å²) in [5.74, 6) is -0.552. The number of hydrogen-bond acceptors (Lipinski definition) is 1. The Morgan fingerprint density at radius 2 is 2.00 bits per heavy atom. The van der Waals surface area contributed by atoms with Gasteiger partial charge in [-0.15, -0.1) is 0 Å². The lowest BCUT2D eigenvalue weighted by Crippen LogP contribution is -2.24. The molecule has 0 saturated heterocycles. The van der Waals surface area contributed by atoms with E-state index in [-0.39, 0.29) is 12.2 Å². The Bertz CT molecular complexity index is 345. The molecule has 0 amide bonds. The zero-order valence-electron chi connectivity index (χ0n) is 9.22. The molecule has 1 atom stereocenters. The Morgan fingerprint density at radius 3 is 2.47 bits per heavy atom. The summed E-state index contributed by atoms with van der Waals surface area (Å²) in [6.45, 7) is 4.67. The van der Waals surface area contributed by atoms with Crippen LogP contribution in [-0.2, 0) is 5.41 Å². The van der Waals surface area contributed by atoms with Gasteiger partial charge in [0.25, 0.3) is 0 Å². The highest BCUT2D eigenvalue weighted by molar-refractivity contribution is 5.36. The van der Waals surface area contributed by atoms with Gasteiger partial charge in [-0.1, -0.05) is 26.0 Å². The first-order chi connectivity index (χ1) is 6.90. The molecular formula is C12H16F2O. The van der Waals surface area contributed by atoms with E-state index in [1.165, 1.54) is 19.1 Å². The molecule has 0 spiro atoms. The van der Waals surface area contributed by atoms with Gasteiger partial charge in [0.2, 0.25) is 0 Å². The monoisotopic (exact) mass is 214 g/mol. The molecule has 3 heteroatoms. The van der Waals surface area contributed by atoms with Crippen molar-refractivity contribution in [2.45, 2.75) is 32.4 Å². The van der Waals surface area contributed by atoms with Crippen molar-refractivity contribution in [1.82, 2.24) is 0 Å². The third kappa shape index (κ3) is 2.34. The van der Waals surface area contributed by atoms with Gasteiger partial charge in [0, 0.05) is 11.0 Å². The Kier molecular flexibility index (Phi) is 3.45. The molecule has 0 radical (unpaired) electrons. The smallest absolute Gasteiger partial charge is 0.129 e. The maximum atomic E-state index is 13.4. The molecule has 1 N–H and O–H groups in total. The minimum absolute atomic E-state index is 0.0524. The highest BCUT2D eigenvalue weighted by Gasteiger charge is 2.26. The zero-order valence-corrected chi connectivity index (χ0v) is 9.22. The molecule has 1 aromatic rings. The second kappa shape index (κ2) is 4.27. The van der Waals surface area contributed by atoms with Gasteiger partial charge < -0.3 is 5.11 Å². The van der Waals surface area contributed by atoms with E-state index in [2.05, 4.69) is 0 Å². The van der Waals surface area contributed by atoms with E-state index in [9.17, 15) is 13.9 Å². The summed E-state index contributed by atoms with van der Waals surface area (Å²) in [6.07, 6.45) is -1.37. The van der Waals surface area contributed by atoms with Crippen LogP contribution in [0, 0.1) is 5.82 Å². The number of alkyl halides is 1. The van der Waals surface area contributed by atoms with E-state index in [0.717, 1.165) is 0 Å². The van der Waals surface area contributed by atoms with Crippen LogP contribution in [0.15, 0.2) is 18.2 Å². The van der Waals surface area contributed by atoms with E-state index in [1.807, 2.05) is 0 Å². The molecular weight excluding hydrogens is 198 g/mol. The van der Waals surface area contributed by atoms with E-state index in [0.29, 0.717) is 5.56 Å². The molecule has 1 rings (SSSR count). The summed E-state index contributed by atoms with van der Waals surface area (Å²) in [7, 11) is 0. The molecule has 84 valence electrons. The third-order valence-electron chi connectivity index (χ3n) is 2.58. The van der Waals surface area contributed by atoms with E-state index in [1.54, 1.807) is 19.9 Å². The first-order valence-corrected chi connectivity index (χ1v) is 4.94. The van der Waals surface area contributed by atoms with Crippen LogP contribution >= 0.6 is 0 Å². The van der Waals surface area contributed by atoms with Gasteiger partial charge in [-0.2, -0.15) is 0 Å². The molecule has 0 aromatic heterocycles. The van der Waals surface area contributed by atoms with Crippen molar-refractivity contribution in [3.63, 3.8) is 0 Å². The van der Waals surface area contributed by atoms with Gasteiger partial charge in [0.1, 0.15) is 12.0 Å². The predicted octanol–water partition coefficient (Wildman–Crippen LogP) is 3.13. The highest BCUT2D eigenvalue weighted by Crippen LogP contribution is 2.32. The van der Waals surface area contributed by atoms with Crippen molar-refractivity contribution in [3.8, 4) is 0 Å². The predicted molar refractivity (Wildman–Crippen MR) is 56.0 cm³/mol. The normalized spacial score (nSPS) is 14.0. The van der Waals surface area contributed by atoms with Crippen LogP contribution in [0.5, 0.6) is 0 Å². The largest absolute Gasteiger partial charge is 0.395 e. The topological polar surface area (TPSA) is 20.2 Å². The molecule has 0 aliphatic rings. The average molecular weight is 214 g/mol. The maximum Gasteiger partial charge on any atom is 0.129 e. The minimum atomic E-state index is -1.37.